The van der Waals surface area contributed by atoms with Crippen LogP contribution in [0.4, 0.5) is 0 Å². The summed E-state index contributed by atoms with van der Waals surface area (Å²) < 4.78 is 5.06. The molecule has 0 saturated carbocycles. The highest BCUT2D eigenvalue weighted by Gasteiger charge is 2.18. The fourth-order valence-corrected chi connectivity index (χ4v) is 0.777. The number of hydrogen-bond acceptors (Lipinski definition) is 4. The molecule has 0 aliphatic carbocycles. The quantitative estimate of drug-likeness (QED) is 0.401. The first-order valence-electron chi connectivity index (χ1n) is 4.63. The standard InChI is InChI=1S/C10H20N2O2/c1-7(8(2)12(5)6)10(13)14-9(3)11-4/h8-9,11H,1H2,2-6H3. The van der Waals surface area contributed by atoms with Gasteiger partial charge in [-0.05, 0) is 35.0 Å². The molecule has 0 aromatic heterocycles. The Morgan fingerprint density at radius 3 is 2.29 bits per heavy atom. The van der Waals surface area contributed by atoms with Crippen LogP contribution in [0.3, 0.4) is 0 Å². The van der Waals surface area contributed by atoms with E-state index in [0.29, 0.717) is 5.57 Å². The third-order valence-corrected chi connectivity index (χ3v) is 2.23. The molecule has 4 heteroatoms. The normalized spacial score (nSPS) is 15.0. The Hall–Kier alpha value is -0.870. The van der Waals surface area contributed by atoms with Gasteiger partial charge in [-0.3, -0.25) is 5.32 Å². The minimum atomic E-state index is -0.354. The Balaban J connectivity index is 4.19. The van der Waals surface area contributed by atoms with Crippen molar-refractivity contribution in [3.63, 3.8) is 0 Å². The summed E-state index contributed by atoms with van der Waals surface area (Å²) in [5, 5.41) is 2.82. The molecule has 82 valence electrons. The minimum absolute atomic E-state index is 0.00782. The molecule has 0 aliphatic rings. The van der Waals surface area contributed by atoms with E-state index in [0.717, 1.165) is 0 Å². The minimum Gasteiger partial charge on any atom is -0.443 e. The zero-order valence-corrected chi connectivity index (χ0v) is 9.63. The molecule has 0 spiro atoms. The van der Waals surface area contributed by atoms with Crippen molar-refractivity contribution in [2.24, 2.45) is 0 Å². The summed E-state index contributed by atoms with van der Waals surface area (Å²) in [7, 11) is 5.52. The predicted molar refractivity (Wildman–Crippen MR) is 56.9 cm³/mol. The molecule has 2 unspecified atom stereocenters. The SMILES string of the molecule is C=C(C(=O)OC(C)NC)C(C)N(C)C. The predicted octanol–water partition coefficient (Wildman–Crippen LogP) is 0.601. The van der Waals surface area contributed by atoms with Crippen molar-refractivity contribution in [2.75, 3.05) is 21.1 Å². The molecule has 2 atom stereocenters. The Morgan fingerprint density at radius 1 is 1.43 bits per heavy atom. The topological polar surface area (TPSA) is 41.6 Å². The molecule has 0 aliphatic heterocycles. The van der Waals surface area contributed by atoms with Crippen molar-refractivity contribution in [2.45, 2.75) is 26.1 Å². The van der Waals surface area contributed by atoms with Gasteiger partial charge in [0.1, 0.15) is 0 Å². The van der Waals surface area contributed by atoms with E-state index in [-0.39, 0.29) is 18.2 Å². The molecular formula is C10H20N2O2. The van der Waals surface area contributed by atoms with E-state index in [2.05, 4.69) is 11.9 Å². The first kappa shape index (κ1) is 13.1. The highest BCUT2D eigenvalue weighted by molar-refractivity contribution is 5.89. The smallest absolute Gasteiger partial charge is 0.336 e. The van der Waals surface area contributed by atoms with Crippen LogP contribution in [0.15, 0.2) is 12.2 Å². The maximum absolute atomic E-state index is 11.5. The molecule has 0 radical (unpaired) electrons. The van der Waals surface area contributed by atoms with Gasteiger partial charge >= 0.3 is 5.97 Å². The van der Waals surface area contributed by atoms with Crippen LogP contribution in [-0.4, -0.2) is 44.3 Å². The molecule has 0 rings (SSSR count). The molecule has 0 amide bonds. The fourth-order valence-electron chi connectivity index (χ4n) is 0.777. The van der Waals surface area contributed by atoms with Gasteiger partial charge < -0.3 is 9.64 Å². The van der Waals surface area contributed by atoms with Crippen LogP contribution in [0.5, 0.6) is 0 Å². The van der Waals surface area contributed by atoms with E-state index in [4.69, 9.17) is 4.74 Å². The van der Waals surface area contributed by atoms with E-state index in [1.807, 2.05) is 25.9 Å². The third-order valence-electron chi connectivity index (χ3n) is 2.23. The Bertz CT molecular complexity index is 214. The number of carbonyl (C=O) groups is 1. The van der Waals surface area contributed by atoms with Gasteiger partial charge in [-0.2, -0.15) is 0 Å². The Labute approximate surface area is 85.9 Å². The van der Waals surface area contributed by atoms with Crippen LogP contribution in [0.1, 0.15) is 13.8 Å². The molecule has 0 fully saturated rings. The van der Waals surface area contributed by atoms with Crippen molar-refractivity contribution in [3.05, 3.63) is 12.2 Å². The number of esters is 1. The molecule has 0 aromatic rings. The number of carbonyl (C=O) groups excluding carboxylic acids is 1. The Kier molecular flexibility index (Phi) is 5.42. The number of nitrogens with zero attached hydrogens (tertiary/aromatic N) is 1. The van der Waals surface area contributed by atoms with Crippen molar-refractivity contribution in [1.29, 1.82) is 0 Å². The van der Waals surface area contributed by atoms with Crippen LogP contribution in [0.25, 0.3) is 0 Å². The summed E-state index contributed by atoms with van der Waals surface area (Å²) in [5.41, 5.74) is 0.470. The number of nitrogens with one attached hydrogen (secondary N) is 1. The van der Waals surface area contributed by atoms with Crippen molar-refractivity contribution in [1.82, 2.24) is 10.2 Å². The van der Waals surface area contributed by atoms with Crippen LogP contribution in [0, 0.1) is 0 Å². The number of hydrogen-bond donors (Lipinski definition) is 1. The fraction of sp³-hybridized carbons (Fsp3) is 0.700. The first-order chi connectivity index (χ1) is 6.40. The number of rotatable bonds is 5. The lowest BCUT2D eigenvalue weighted by atomic mass is 10.1. The maximum Gasteiger partial charge on any atom is 0.336 e. The van der Waals surface area contributed by atoms with Crippen LogP contribution < -0.4 is 5.32 Å². The largest absolute Gasteiger partial charge is 0.443 e. The second-order valence-corrected chi connectivity index (χ2v) is 3.50. The average molecular weight is 200 g/mol. The van der Waals surface area contributed by atoms with Gasteiger partial charge in [-0.15, -0.1) is 0 Å². The number of likely N-dealkylation sites (N-methyl/N-ethyl adjacent to an activating group) is 1. The summed E-state index contributed by atoms with van der Waals surface area (Å²) in [6.07, 6.45) is -0.284. The monoisotopic (exact) mass is 200 g/mol. The summed E-state index contributed by atoms with van der Waals surface area (Å²) >= 11 is 0. The lowest BCUT2D eigenvalue weighted by molar-refractivity contribution is -0.145. The van der Waals surface area contributed by atoms with Gasteiger partial charge in [-0.25, -0.2) is 4.79 Å². The van der Waals surface area contributed by atoms with Gasteiger partial charge in [0.05, 0.1) is 0 Å². The summed E-state index contributed by atoms with van der Waals surface area (Å²) in [6.45, 7) is 7.40. The van der Waals surface area contributed by atoms with Crippen molar-refractivity contribution < 1.29 is 9.53 Å². The van der Waals surface area contributed by atoms with E-state index < -0.39 is 0 Å². The molecule has 0 heterocycles. The van der Waals surface area contributed by atoms with Gasteiger partial charge in [0.15, 0.2) is 6.23 Å². The lowest BCUT2D eigenvalue weighted by Gasteiger charge is -2.22. The maximum atomic E-state index is 11.5. The van der Waals surface area contributed by atoms with Gasteiger partial charge in [0, 0.05) is 11.6 Å². The lowest BCUT2D eigenvalue weighted by Crippen LogP contribution is -2.34. The summed E-state index contributed by atoms with van der Waals surface area (Å²) in [6, 6.07) is -0.00782. The molecule has 4 nitrogen and oxygen atoms in total. The molecule has 0 aromatic carbocycles. The van der Waals surface area contributed by atoms with Crippen LogP contribution in [0.2, 0.25) is 0 Å². The first-order valence-corrected chi connectivity index (χ1v) is 4.63. The van der Waals surface area contributed by atoms with Crippen molar-refractivity contribution >= 4 is 5.97 Å². The molecule has 0 bridgehead atoms. The highest BCUT2D eigenvalue weighted by Crippen LogP contribution is 2.07. The van der Waals surface area contributed by atoms with E-state index in [1.165, 1.54) is 0 Å². The summed E-state index contributed by atoms with van der Waals surface area (Å²) in [4.78, 5) is 13.4. The second kappa shape index (κ2) is 5.78. The van der Waals surface area contributed by atoms with Crippen LogP contribution >= 0.6 is 0 Å². The highest BCUT2D eigenvalue weighted by atomic mass is 16.6. The van der Waals surface area contributed by atoms with Crippen LogP contribution in [-0.2, 0) is 9.53 Å². The van der Waals surface area contributed by atoms with E-state index in [1.54, 1.807) is 14.0 Å². The Morgan fingerprint density at radius 2 is 1.93 bits per heavy atom. The molecule has 0 saturated heterocycles. The number of ether oxygens (including phenoxy) is 1. The van der Waals surface area contributed by atoms with Gasteiger partial charge in [-0.1, -0.05) is 6.58 Å². The molecule has 1 N–H and O–H groups in total. The second-order valence-electron chi connectivity index (χ2n) is 3.50. The molecule has 14 heavy (non-hydrogen) atoms. The van der Waals surface area contributed by atoms with Gasteiger partial charge in [0.2, 0.25) is 0 Å². The van der Waals surface area contributed by atoms with E-state index >= 15 is 0 Å². The zero-order valence-electron chi connectivity index (χ0n) is 9.63. The summed E-state index contributed by atoms with van der Waals surface area (Å²) in [5.74, 6) is -0.354. The zero-order chi connectivity index (χ0) is 11.3. The molecular weight excluding hydrogens is 180 g/mol. The average Bonchev–Trinajstić information content (AvgIpc) is 2.14. The van der Waals surface area contributed by atoms with Gasteiger partial charge in [0.25, 0.3) is 0 Å². The van der Waals surface area contributed by atoms with Crippen molar-refractivity contribution in [3.8, 4) is 0 Å². The third kappa shape index (κ3) is 3.89. The van der Waals surface area contributed by atoms with E-state index in [9.17, 15) is 4.79 Å².